The Morgan fingerprint density at radius 2 is 1.71 bits per heavy atom. The van der Waals surface area contributed by atoms with Crippen molar-refractivity contribution >= 4 is 28.9 Å². The molecule has 1 heterocycles. The van der Waals surface area contributed by atoms with Crippen molar-refractivity contribution < 1.29 is 8.91 Å². The highest BCUT2D eigenvalue weighted by atomic mass is 35.5. The van der Waals surface area contributed by atoms with Gasteiger partial charge in [-0.1, -0.05) is 28.4 Å². The van der Waals surface area contributed by atoms with Crippen LogP contribution in [0.2, 0.25) is 10.0 Å². The van der Waals surface area contributed by atoms with Gasteiger partial charge in [-0.15, -0.1) is 0 Å². The molecule has 3 rings (SSSR count). The van der Waals surface area contributed by atoms with Crippen LogP contribution < -0.4 is 5.73 Å². The van der Waals surface area contributed by atoms with Gasteiger partial charge in [0.1, 0.15) is 5.82 Å². The summed E-state index contributed by atoms with van der Waals surface area (Å²) in [6.45, 7) is 0. The van der Waals surface area contributed by atoms with Crippen LogP contribution in [0.25, 0.3) is 22.8 Å². The number of anilines is 1. The number of hydrogen-bond acceptors (Lipinski definition) is 4. The van der Waals surface area contributed by atoms with Crippen LogP contribution in [0.4, 0.5) is 10.1 Å². The lowest BCUT2D eigenvalue weighted by molar-refractivity contribution is 0.432. The summed E-state index contributed by atoms with van der Waals surface area (Å²) < 4.78 is 18.2. The summed E-state index contributed by atoms with van der Waals surface area (Å²) in [6.07, 6.45) is 0. The maximum atomic E-state index is 13.0. The summed E-state index contributed by atoms with van der Waals surface area (Å²) in [5.41, 5.74) is 7.19. The Hall–Kier alpha value is -2.11. The number of nitrogens with two attached hydrogens (primary N) is 1. The number of rotatable bonds is 2. The highest BCUT2D eigenvalue weighted by Gasteiger charge is 2.15. The highest BCUT2D eigenvalue weighted by molar-refractivity contribution is 6.33. The van der Waals surface area contributed by atoms with Crippen LogP contribution in [0.15, 0.2) is 40.9 Å². The smallest absolute Gasteiger partial charge is 0.259 e. The van der Waals surface area contributed by atoms with Crippen molar-refractivity contribution in [2.45, 2.75) is 0 Å². The number of nitrogens with zero attached hydrogens (tertiary/aromatic N) is 2. The second-order valence-corrected chi connectivity index (χ2v) is 5.10. The van der Waals surface area contributed by atoms with Crippen molar-refractivity contribution in [3.05, 3.63) is 52.3 Å². The average molecular weight is 324 g/mol. The zero-order chi connectivity index (χ0) is 15.0. The summed E-state index contributed by atoms with van der Waals surface area (Å²) in [4.78, 5) is 4.22. The predicted molar refractivity (Wildman–Crippen MR) is 79.6 cm³/mol. The number of benzene rings is 2. The molecule has 7 heteroatoms. The third-order valence-corrected chi connectivity index (χ3v) is 3.45. The van der Waals surface area contributed by atoms with Crippen LogP contribution in [0.5, 0.6) is 0 Å². The molecular formula is C14H8Cl2FN3O. The predicted octanol–water partition coefficient (Wildman–Crippen LogP) is 4.43. The third kappa shape index (κ3) is 2.70. The van der Waals surface area contributed by atoms with Crippen molar-refractivity contribution in [1.29, 1.82) is 0 Å². The molecule has 4 nitrogen and oxygen atoms in total. The summed E-state index contributed by atoms with van der Waals surface area (Å²) >= 11 is 12.1. The maximum absolute atomic E-state index is 13.0. The van der Waals surface area contributed by atoms with Gasteiger partial charge in [-0.3, -0.25) is 0 Å². The molecule has 0 radical (unpaired) electrons. The Labute approximate surface area is 129 Å². The first kappa shape index (κ1) is 13.9. The maximum Gasteiger partial charge on any atom is 0.259 e. The first-order valence-corrected chi connectivity index (χ1v) is 6.65. The molecule has 0 saturated heterocycles. The molecule has 0 unspecified atom stereocenters. The minimum atomic E-state index is -0.436. The van der Waals surface area contributed by atoms with E-state index >= 15 is 0 Å². The van der Waals surface area contributed by atoms with Gasteiger partial charge in [0, 0.05) is 11.3 Å². The molecule has 106 valence electrons. The van der Waals surface area contributed by atoms with Gasteiger partial charge in [0.15, 0.2) is 0 Å². The molecule has 3 aromatic rings. The molecule has 0 saturated carbocycles. The topological polar surface area (TPSA) is 64.9 Å². The number of nitrogen functional groups attached to an aromatic ring is 1. The fraction of sp³-hybridized carbons (Fsp3) is 0. The molecule has 2 N–H and O–H groups in total. The fourth-order valence-electron chi connectivity index (χ4n) is 1.82. The highest BCUT2D eigenvalue weighted by Crippen LogP contribution is 2.31. The molecule has 0 spiro atoms. The molecule has 0 bridgehead atoms. The van der Waals surface area contributed by atoms with Gasteiger partial charge < -0.3 is 10.3 Å². The molecule has 1 aromatic heterocycles. The van der Waals surface area contributed by atoms with Gasteiger partial charge in [0.25, 0.3) is 5.89 Å². The standard InChI is InChI=1S/C14H8Cl2FN3O/c15-11-5-7(17)1-3-9(11)13-19-14(21-20-13)10-4-2-8(18)6-12(10)16/h1-6H,18H2. The van der Waals surface area contributed by atoms with Gasteiger partial charge >= 0.3 is 0 Å². The molecule has 0 aliphatic heterocycles. The molecule has 0 amide bonds. The van der Waals surface area contributed by atoms with Crippen molar-refractivity contribution in [2.24, 2.45) is 0 Å². The lowest BCUT2D eigenvalue weighted by Crippen LogP contribution is -1.87. The van der Waals surface area contributed by atoms with Gasteiger partial charge in [0.05, 0.1) is 15.6 Å². The second-order valence-electron chi connectivity index (χ2n) is 4.29. The molecular weight excluding hydrogens is 316 g/mol. The van der Waals surface area contributed by atoms with E-state index < -0.39 is 5.82 Å². The van der Waals surface area contributed by atoms with E-state index in [-0.39, 0.29) is 16.7 Å². The minimum Gasteiger partial charge on any atom is -0.399 e. The summed E-state index contributed by atoms with van der Waals surface area (Å²) in [7, 11) is 0. The lowest BCUT2D eigenvalue weighted by Gasteiger charge is -1.99. The number of aromatic nitrogens is 2. The quantitative estimate of drug-likeness (QED) is 0.708. The Morgan fingerprint density at radius 1 is 1.00 bits per heavy atom. The van der Waals surface area contributed by atoms with Gasteiger partial charge in [-0.05, 0) is 36.4 Å². The van der Waals surface area contributed by atoms with Crippen molar-refractivity contribution in [3.8, 4) is 22.8 Å². The molecule has 21 heavy (non-hydrogen) atoms. The first-order valence-electron chi connectivity index (χ1n) is 5.89. The van der Waals surface area contributed by atoms with Crippen molar-refractivity contribution in [2.75, 3.05) is 5.73 Å². The molecule has 0 aliphatic rings. The zero-order valence-electron chi connectivity index (χ0n) is 10.5. The van der Waals surface area contributed by atoms with Crippen LogP contribution in [0.1, 0.15) is 0 Å². The van der Waals surface area contributed by atoms with E-state index in [4.69, 9.17) is 33.5 Å². The monoisotopic (exact) mass is 323 g/mol. The van der Waals surface area contributed by atoms with E-state index in [1.165, 1.54) is 18.2 Å². The van der Waals surface area contributed by atoms with E-state index in [2.05, 4.69) is 10.1 Å². The fourth-order valence-corrected chi connectivity index (χ4v) is 2.34. The SMILES string of the molecule is Nc1ccc(-c2nc(-c3ccc(F)cc3Cl)no2)c(Cl)c1. The van der Waals surface area contributed by atoms with E-state index in [0.29, 0.717) is 21.8 Å². The Bertz CT molecular complexity index is 754. The Balaban J connectivity index is 2.03. The van der Waals surface area contributed by atoms with Crippen LogP contribution in [-0.4, -0.2) is 10.1 Å². The second kappa shape index (κ2) is 5.35. The Morgan fingerprint density at radius 3 is 2.43 bits per heavy atom. The molecule has 0 fully saturated rings. The van der Waals surface area contributed by atoms with Gasteiger partial charge in [-0.2, -0.15) is 4.98 Å². The van der Waals surface area contributed by atoms with E-state index in [1.807, 2.05) is 0 Å². The molecule has 0 atom stereocenters. The van der Waals surface area contributed by atoms with Gasteiger partial charge in [0.2, 0.25) is 5.82 Å². The van der Waals surface area contributed by atoms with Crippen LogP contribution in [-0.2, 0) is 0 Å². The lowest BCUT2D eigenvalue weighted by atomic mass is 10.2. The van der Waals surface area contributed by atoms with Crippen LogP contribution >= 0.6 is 23.2 Å². The van der Waals surface area contributed by atoms with Gasteiger partial charge in [-0.25, -0.2) is 4.39 Å². The molecule has 2 aromatic carbocycles. The zero-order valence-corrected chi connectivity index (χ0v) is 12.0. The van der Waals surface area contributed by atoms with E-state index in [0.717, 1.165) is 0 Å². The summed E-state index contributed by atoms with van der Waals surface area (Å²) in [5.74, 6) is 0.0485. The minimum absolute atomic E-state index is 0.200. The number of hydrogen-bond donors (Lipinski definition) is 1. The average Bonchev–Trinajstić information content (AvgIpc) is 2.87. The number of halogens is 3. The normalized spacial score (nSPS) is 10.8. The first-order chi connectivity index (χ1) is 10.0. The largest absolute Gasteiger partial charge is 0.399 e. The van der Waals surface area contributed by atoms with E-state index in [1.54, 1.807) is 18.2 Å². The van der Waals surface area contributed by atoms with E-state index in [9.17, 15) is 4.39 Å². The summed E-state index contributed by atoms with van der Waals surface area (Å²) in [6, 6.07) is 8.89. The van der Waals surface area contributed by atoms with Crippen LogP contribution in [0, 0.1) is 5.82 Å². The van der Waals surface area contributed by atoms with Crippen molar-refractivity contribution in [1.82, 2.24) is 10.1 Å². The Kier molecular flexibility index (Phi) is 3.53. The summed E-state index contributed by atoms with van der Waals surface area (Å²) in [5, 5.41) is 4.43. The molecule has 0 aliphatic carbocycles. The third-order valence-electron chi connectivity index (χ3n) is 2.82. The van der Waals surface area contributed by atoms with Crippen LogP contribution in [0.3, 0.4) is 0 Å². The van der Waals surface area contributed by atoms with Crippen molar-refractivity contribution in [3.63, 3.8) is 0 Å².